The van der Waals surface area contributed by atoms with Crippen LogP contribution < -0.4 is 10.6 Å². The highest BCUT2D eigenvalue weighted by Crippen LogP contribution is 2.26. The maximum absolute atomic E-state index is 13.9. The Morgan fingerprint density at radius 3 is 2.70 bits per heavy atom. The fourth-order valence-electron chi connectivity index (χ4n) is 3.40. The second-order valence-electron chi connectivity index (χ2n) is 7.19. The minimum Gasteiger partial charge on any atom is -0.387 e. The molecule has 1 aliphatic rings. The number of benzene rings is 1. The molecule has 6 nitrogen and oxygen atoms in total. The topological polar surface area (TPSA) is 71.2 Å². The van der Waals surface area contributed by atoms with Crippen molar-refractivity contribution >= 4 is 38.8 Å². The van der Waals surface area contributed by atoms with Crippen molar-refractivity contribution in [1.82, 2.24) is 14.5 Å². The van der Waals surface area contributed by atoms with Crippen molar-refractivity contribution in [1.29, 1.82) is 0 Å². The summed E-state index contributed by atoms with van der Waals surface area (Å²) in [5.41, 5.74) is 1.50. The molecular formula is C21H20BrFN4O2S. The smallest absolute Gasteiger partial charge is 0.352 e. The lowest BCUT2D eigenvalue weighted by molar-refractivity contribution is 0.233. The first-order valence-electron chi connectivity index (χ1n) is 9.41. The monoisotopic (exact) mass is 490 g/mol. The van der Waals surface area contributed by atoms with Crippen molar-refractivity contribution in [2.75, 3.05) is 18.0 Å². The van der Waals surface area contributed by atoms with Crippen molar-refractivity contribution < 1.29 is 9.50 Å². The number of thiophene rings is 1. The Hall–Kier alpha value is -2.36. The van der Waals surface area contributed by atoms with Crippen LogP contribution in [0.1, 0.15) is 21.8 Å². The number of nitrogens with zero attached hydrogens (tertiary/aromatic N) is 4. The Balaban J connectivity index is 1.57. The molecule has 0 unspecified atom stereocenters. The van der Waals surface area contributed by atoms with Crippen molar-refractivity contribution in [2.45, 2.75) is 26.5 Å². The van der Waals surface area contributed by atoms with E-state index < -0.39 is 6.10 Å². The maximum atomic E-state index is 13.9. The third-order valence-electron chi connectivity index (χ3n) is 5.09. The van der Waals surface area contributed by atoms with Gasteiger partial charge in [0.15, 0.2) is 0 Å². The van der Waals surface area contributed by atoms with E-state index in [1.807, 2.05) is 18.2 Å². The van der Waals surface area contributed by atoms with Crippen molar-refractivity contribution in [3.8, 4) is 0 Å². The summed E-state index contributed by atoms with van der Waals surface area (Å²) in [5.74, 6) is 0.535. The average molecular weight is 491 g/mol. The number of anilines is 1. The highest BCUT2D eigenvalue weighted by Gasteiger charge is 2.24. The van der Waals surface area contributed by atoms with Gasteiger partial charge in [0.05, 0.1) is 23.0 Å². The molecule has 9 heteroatoms. The second-order valence-corrected chi connectivity index (χ2v) is 9.74. The van der Waals surface area contributed by atoms with Crippen LogP contribution in [0.3, 0.4) is 0 Å². The number of rotatable bonds is 4. The highest BCUT2D eigenvalue weighted by molar-refractivity contribution is 9.11. The molecule has 1 atom stereocenters. The molecule has 0 saturated heterocycles. The van der Waals surface area contributed by atoms with Gasteiger partial charge in [0.2, 0.25) is 5.95 Å². The summed E-state index contributed by atoms with van der Waals surface area (Å²) in [4.78, 5) is 24.0. The zero-order chi connectivity index (χ0) is 21.4. The molecular weight excluding hydrogens is 471 g/mol. The van der Waals surface area contributed by atoms with Crippen LogP contribution in [0.25, 0.3) is 5.57 Å². The van der Waals surface area contributed by atoms with Crippen LogP contribution in [0.5, 0.6) is 0 Å². The van der Waals surface area contributed by atoms with Gasteiger partial charge >= 0.3 is 5.69 Å². The van der Waals surface area contributed by atoms with Crippen LogP contribution in [0.4, 0.5) is 10.3 Å². The molecule has 156 valence electrons. The van der Waals surface area contributed by atoms with Crippen molar-refractivity contribution in [3.05, 3.63) is 78.3 Å². The quantitative estimate of drug-likeness (QED) is 0.605. The van der Waals surface area contributed by atoms with Gasteiger partial charge in [0.25, 0.3) is 0 Å². The largest absolute Gasteiger partial charge is 0.387 e. The molecule has 3 heterocycles. The Labute approximate surface area is 185 Å². The lowest BCUT2D eigenvalue weighted by atomic mass is 9.96. The molecule has 1 aliphatic heterocycles. The number of aliphatic hydroxyl groups excluding tert-OH is 1. The normalized spacial score (nSPS) is 16.6. The van der Waals surface area contributed by atoms with E-state index in [4.69, 9.17) is 0 Å². The molecule has 0 radical (unpaired) electrons. The number of hydrogen-bond donors (Lipinski definition) is 1. The lowest BCUT2D eigenvalue weighted by Gasteiger charge is -2.30. The van der Waals surface area contributed by atoms with Gasteiger partial charge in [-0.05, 0) is 64.7 Å². The number of β-amino-alcohol motifs (C(OH)–C–C–N with tert-alkyl or cyclic N) is 1. The highest BCUT2D eigenvalue weighted by atomic mass is 79.9. The first-order valence-corrected chi connectivity index (χ1v) is 11.0. The van der Waals surface area contributed by atoms with Crippen LogP contribution in [-0.2, 0) is 6.54 Å². The van der Waals surface area contributed by atoms with E-state index in [1.54, 1.807) is 42.2 Å². The first-order chi connectivity index (χ1) is 14.3. The molecule has 1 N–H and O–H groups in total. The number of aromatic nitrogens is 3. The van der Waals surface area contributed by atoms with Gasteiger partial charge in [-0.25, -0.2) is 9.18 Å². The van der Waals surface area contributed by atoms with Gasteiger partial charge in [0, 0.05) is 11.4 Å². The molecule has 4 rings (SSSR count). The third kappa shape index (κ3) is 4.23. The van der Waals surface area contributed by atoms with Gasteiger partial charge < -0.3 is 10.0 Å². The first kappa shape index (κ1) is 20.9. The number of aliphatic hydroxyl groups is 1. The van der Waals surface area contributed by atoms with Crippen LogP contribution in [0, 0.1) is 19.7 Å². The Morgan fingerprint density at radius 1 is 1.27 bits per heavy atom. The predicted octanol–water partition coefficient (Wildman–Crippen LogP) is 3.53. The molecule has 0 aliphatic carbocycles. The van der Waals surface area contributed by atoms with E-state index in [1.165, 1.54) is 10.6 Å². The molecule has 2 aromatic heterocycles. The van der Waals surface area contributed by atoms with E-state index >= 15 is 0 Å². The minimum absolute atomic E-state index is 0.224. The second kappa shape index (κ2) is 8.41. The molecule has 0 saturated carbocycles. The molecule has 1 aromatic carbocycles. The fourth-order valence-corrected chi connectivity index (χ4v) is 4.87. The van der Waals surface area contributed by atoms with Gasteiger partial charge in [0.1, 0.15) is 11.6 Å². The maximum Gasteiger partial charge on any atom is 0.352 e. The summed E-state index contributed by atoms with van der Waals surface area (Å²) in [6.07, 6.45) is 0.988. The summed E-state index contributed by atoms with van der Waals surface area (Å²) < 4.78 is 16.4. The Morgan fingerprint density at radius 2 is 2.07 bits per heavy atom. The minimum atomic E-state index is -0.837. The lowest BCUT2D eigenvalue weighted by Crippen LogP contribution is -2.40. The molecule has 0 bridgehead atoms. The van der Waals surface area contributed by atoms with E-state index in [9.17, 15) is 14.3 Å². The molecule has 0 fully saturated rings. The molecule has 3 aromatic rings. The van der Waals surface area contributed by atoms with Gasteiger partial charge in [-0.15, -0.1) is 11.3 Å². The van der Waals surface area contributed by atoms with E-state index in [0.717, 1.165) is 8.66 Å². The molecule has 0 amide bonds. The van der Waals surface area contributed by atoms with Gasteiger partial charge in [-0.1, -0.05) is 18.2 Å². The summed E-state index contributed by atoms with van der Waals surface area (Å²) in [6.45, 7) is 4.52. The van der Waals surface area contributed by atoms with Crippen molar-refractivity contribution in [2.24, 2.45) is 0 Å². The molecule has 0 spiro atoms. The summed E-state index contributed by atoms with van der Waals surface area (Å²) in [6, 6.07) is 8.83. The zero-order valence-corrected chi connectivity index (χ0v) is 18.9. The molecule has 30 heavy (non-hydrogen) atoms. The summed E-state index contributed by atoms with van der Waals surface area (Å²) in [5, 5.41) is 10.6. The Kier molecular flexibility index (Phi) is 5.86. The summed E-state index contributed by atoms with van der Waals surface area (Å²) in [7, 11) is 0. The predicted molar refractivity (Wildman–Crippen MR) is 119 cm³/mol. The van der Waals surface area contributed by atoms with Gasteiger partial charge in [-0.2, -0.15) is 9.97 Å². The zero-order valence-electron chi connectivity index (χ0n) is 16.5. The van der Waals surface area contributed by atoms with Crippen molar-refractivity contribution in [3.63, 3.8) is 0 Å². The van der Waals surface area contributed by atoms with Crippen LogP contribution in [0.15, 0.2) is 45.0 Å². The SMILES string of the molecule is Cc1ccc(C2=CCN(c3nc(C)n(Cc4ccc(Br)s4)c(=O)n3)C[C@@H]2O)cc1F. The standard InChI is InChI=1S/C21H20BrFN4O2S/c1-12-3-4-14(9-17(12)23)16-7-8-26(11-18(16)28)20-24-13(2)27(21(29)25-20)10-15-5-6-19(22)30-15/h3-7,9,18,28H,8,10-11H2,1-2H3/t18-/m0/s1. The van der Waals surface area contributed by atoms with E-state index in [0.29, 0.717) is 35.6 Å². The van der Waals surface area contributed by atoms with Crippen LogP contribution >= 0.6 is 27.3 Å². The third-order valence-corrected chi connectivity index (χ3v) is 6.70. The van der Waals surface area contributed by atoms with Crippen LogP contribution in [0.2, 0.25) is 0 Å². The number of halogens is 2. The summed E-state index contributed by atoms with van der Waals surface area (Å²) >= 11 is 4.98. The van der Waals surface area contributed by atoms with E-state index in [2.05, 4.69) is 25.9 Å². The van der Waals surface area contributed by atoms with Gasteiger partial charge in [-0.3, -0.25) is 4.57 Å². The van der Waals surface area contributed by atoms with E-state index in [-0.39, 0.29) is 24.0 Å². The fraction of sp³-hybridized carbons (Fsp3) is 0.286. The Bertz CT molecular complexity index is 1190. The average Bonchev–Trinajstić information content (AvgIpc) is 3.11. The number of aryl methyl sites for hydroxylation is 2. The number of hydrogen-bond acceptors (Lipinski definition) is 6. The van der Waals surface area contributed by atoms with Crippen LogP contribution in [-0.4, -0.2) is 38.8 Å².